The molecule has 8 heterocycles. The highest BCUT2D eigenvalue weighted by molar-refractivity contribution is 6.68. The van der Waals surface area contributed by atoms with Gasteiger partial charge in [0, 0.05) is 18.5 Å². The van der Waals surface area contributed by atoms with Gasteiger partial charge >= 0.3 is 41.8 Å². The Hall–Kier alpha value is -9.45. The summed E-state index contributed by atoms with van der Waals surface area (Å²) in [6.07, 6.45) is 6.75. The number of rotatable bonds is 26. The summed E-state index contributed by atoms with van der Waals surface area (Å²) < 4.78 is 127. The number of Topliss-reactive ketones (excluding diaryl/α,β-unsaturated/α-hetero) is 3. The largest absolute Gasteiger partial charge is 0.506 e. The van der Waals surface area contributed by atoms with Crippen LogP contribution in [0.3, 0.4) is 0 Å². The maximum atomic E-state index is 13.6. The van der Waals surface area contributed by atoms with Crippen LogP contribution in [-0.2, 0) is 57.1 Å². The minimum Gasteiger partial charge on any atom is -0.506 e. The molecule has 10 rings (SSSR count). The third-order valence-electron chi connectivity index (χ3n) is 14.9. The number of fused-ring (bicyclic) bond motifs is 1. The lowest BCUT2D eigenvalue weighted by Gasteiger charge is -2.14. The second kappa shape index (κ2) is 52.9. The number of aromatic carboxylic acids is 1. The van der Waals surface area contributed by atoms with Crippen molar-refractivity contribution in [2.75, 3.05) is 46.2 Å². The van der Waals surface area contributed by atoms with Crippen LogP contribution < -0.4 is 5.43 Å². The van der Waals surface area contributed by atoms with Crippen LogP contribution in [-0.4, -0.2) is 173 Å². The summed E-state index contributed by atoms with van der Waals surface area (Å²) in [6, 6.07) is 6.12. The van der Waals surface area contributed by atoms with Gasteiger partial charge in [0.05, 0.1) is 91.1 Å². The summed E-state index contributed by atoms with van der Waals surface area (Å²) in [5.41, 5.74) is -2.75. The van der Waals surface area contributed by atoms with Gasteiger partial charge in [-0.2, -0.15) is 0 Å². The van der Waals surface area contributed by atoms with Gasteiger partial charge in [-0.1, -0.05) is 151 Å². The second-order valence-electron chi connectivity index (χ2n) is 23.8. The van der Waals surface area contributed by atoms with Crippen molar-refractivity contribution in [3.63, 3.8) is 0 Å². The summed E-state index contributed by atoms with van der Waals surface area (Å²) in [5, 5.41) is 13.1. The zero-order chi connectivity index (χ0) is 95.9. The lowest BCUT2D eigenvalue weighted by atomic mass is 9.99. The highest BCUT2D eigenvalue weighted by atomic mass is 35.5. The lowest BCUT2D eigenvalue weighted by molar-refractivity contribution is -0.159. The fraction of sp³-hybridized carbons (Fsp3) is 0.289. The summed E-state index contributed by atoms with van der Waals surface area (Å²) in [5.74, 6) is -17.9. The van der Waals surface area contributed by atoms with Crippen molar-refractivity contribution >= 4 is 250 Å². The van der Waals surface area contributed by atoms with Crippen LogP contribution in [0.2, 0.25) is 67.0 Å². The quantitative estimate of drug-likeness (QED) is 0.00434. The average molecular weight is 2060 g/mol. The molecule has 2 aliphatic carbocycles. The van der Waals surface area contributed by atoms with Crippen molar-refractivity contribution in [1.29, 1.82) is 0 Å². The zero-order valence-electron chi connectivity index (χ0n) is 65.6. The summed E-state index contributed by atoms with van der Waals surface area (Å²) >= 11 is 76.7. The molecule has 0 radical (unpaired) electrons. The maximum absolute atomic E-state index is 13.6. The maximum Gasteiger partial charge on any atom is 0.345 e. The number of aliphatic hydroxyl groups excluding tert-OH is 1. The van der Waals surface area contributed by atoms with Crippen LogP contribution in [0.15, 0.2) is 75.9 Å². The molecule has 8 aromatic heterocycles. The first-order chi connectivity index (χ1) is 59.7. The highest BCUT2D eigenvalue weighted by Crippen LogP contribution is 2.38. The number of carboxylic acids is 1. The average Bonchev–Trinajstić information content (AvgIpc) is 1.69. The van der Waals surface area contributed by atoms with E-state index in [2.05, 4.69) is 54.1 Å². The van der Waals surface area contributed by atoms with Crippen LogP contribution in [0.4, 0.5) is 30.7 Å². The Balaban J connectivity index is 0.000000314. The molecule has 0 aromatic carbocycles. The van der Waals surface area contributed by atoms with E-state index in [0.29, 0.717) is 11.7 Å². The number of pyridine rings is 8. The van der Waals surface area contributed by atoms with E-state index in [-0.39, 0.29) is 133 Å². The number of aliphatic hydroxyl groups is 1. The molecular weight excluding hydrogens is 2000 g/mol. The third-order valence-corrected chi connectivity index (χ3v) is 18.7. The predicted octanol–water partition coefficient (Wildman–Crippen LogP) is 19.7. The predicted molar refractivity (Wildman–Crippen MR) is 453 cm³/mol. The first-order valence-corrected chi connectivity index (χ1v) is 40.8. The molecule has 0 spiro atoms. The van der Waals surface area contributed by atoms with E-state index in [1.165, 1.54) is 26.3 Å². The summed E-state index contributed by atoms with van der Waals surface area (Å²) in [6.45, 7) is 11.8. The molecule has 30 nitrogen and oxygen atoms in total. The molecule has 0 unspecified atom stereocenters. The van der Waals surface area contributed by atoms with E-state index in [1.807, 2.05) is 0 Å². The number of nitrogens with zero attached hydrogens (tertiary/aromatic N) is 9. The number of carboxylic acid groups (broad SMARTS) is 1. The highest BCUT2D eigenvalue weighted by Gasteiger charge is 2.40. The van der Waals surface area contributed by atoms with Gasteiger partial charge in [-0.25, -0.2) is 84.8 Å². The Bertz CT molecular complexity index is 5600. The summed E-state index contributed by atoms with van der Waals surface area (Å²) in [4.78, 5) is 168. The second-order valence-corrected chi connectivity index (χ2v) is 28.8. The molecule has 2 aliphatic rings. The van der Waals surface area contributed by atoms with Gasteiger partial charge in [0.2, 0.25) is 17.1 Å². The van der Waals surface area contributed by atoms with Crippen molar-refractivity contribution in [3.8, 4) is 0 Å². The van der Waals surface area contributed by atoms with Gasteiger partial charge in [0.1, 0.15) is 71.7 Å². The molecular formula is C76H60Cl14F7N9O21. The molecule has 682 valence electrons. The number of carbonyl (C=O) groups excluding carboxylic acids is 10. The molecule has 51 heteroatoms. The minimum atomic E-state index is -1.90. The molecule has 0 atom stereocenters. The summed E-state index contributed by atoms with van der Waals surface area (Å²) in [7, 11) is 0. The van der Waals surface area contributed by atoms with Crippen LogP contribution in [0.25, 0.3) is 16.8 Å². The fourth-order valence-corrected chi connectivity index (χ4v) is 11.7. The number of ketones is 3. The number of aromatic nitrogens is 8. The van der Waals surface area contributed by atoms with Gasteiger partial charge in [0.25, 0.3) is 5.24 Å². The van der Waals surface area contributed by atoms with Gasteiger partial charge in [-0.3, -0.25) is 43.3 Å². The van der Waals surface area contributed by atoms with E-state index in [0.717, 1.165) is 68.3 Å². The number of ether oxygens (including phenoxy) is 7. The number of hydrogen-bond acceptors (Lipinski definition) is 28. The standard InChI is InChI=1S/C14H13Cl2FN2O3.C14H12ClFN2O3.C13H12Cl2FNO5.C13H12Cl2FNO4.C10H8Cl2FNO3.C6HCl3FNO.C6H2Cl2FNO2/c1-2-22-14(21)9(6-18-7-3-4-7)11(20)8-5-10(17)13(16)19-12(8)15;1-2-21-14(20)9-6-18(7-3-4-7)13-8(11(9)19)5-10(16)12(15)17-13;1-3-21-12(19)8(13(20)22-4-2)9(18)6-5-7(16)11(15)17-10(6)14;1-3-20-6-8(13(19)21-4-2)10(18)7-5-9(16)12(15)17-11(7)14;1-2-17-8(16)4-7(15)5-3-6(13)10(12)14-9(5)11;7-4-2(6(9)12)1-3(10)5(8)11-4;7-4-2(6(11)12)1-3(9)5(8)10-4/h5-7,20H,2-4H2,1H3;5-7H,2-4H2,1H3;5,8H,3-4H2,1-2H3;5-6H,3-4H2,1-2H3;3H,2,4H2,1H3;1H;1H,(H,11,12)/b;;;8-6-;;;. The van der Waals surface area contributed by atoms with Gasteiger partial charge in [-0.15, -0.1) is 0 Å². The van der Waals surface area contributed by atoms with Gasteiger partial charge in [-0.05, 0) is 128 Å². The van der Waals surface area contributed by atoms with Gasteiger partial charge in [0.15, 0.2) is 88.4 Å². The molecule has 0 saturated heterocycles. The minimum absolute atomic E-state index is 0.0364. The van der Waals surface area contributed by atoms with E-state index in [9.17, 15) is 93.4 Å². The van der Waals surface area contributed by atoms with E-state index >= 15 is 0 Å². The first kappa shape index (κ1) is 110. The smallest absolute Gasteiger partial charge is 0.345 e. The number of hydrogen-bond donors (Lipinski definition) is 2. The van der Waals surface area contributed by atoms with Crippen LogP contribution >= 0.6 is 162 Å². The molecule has 2 fully saturated rings. The molecule has 127 heavy (non-hydrogen) atoms. The Labute approximate surface area is 783 Å². The van der Waals surface area contributed by atoms with Crippen LogP contribution in [0, 0.1) is 46.6 Å². The topological polar surface area (TPSA) is 417 Å². The van der Waals surface area contributed by atoms with E-state index in [1.54, 1.807) is 39.2 Å². The lowest BCUT2D eigenvalue weighted by Crippen LogP contribution is -2.35. The fourth-order valence-electron chi connectivity index (χ4n) is 8.90. The van der Waals surface area contributed by atoms with E-state index in [4.69, 9.17) is 186 Å². The van der Waals surface area contributed by atoms with E-state index < -0.39 is 176 Å². The molecule has 2 N–H and O–H groups in total. The first-order valence-electron chi connectivity index (χ1n) is 35.5. The Kier molecular flexibility index (Phi) is 45.7. The zero-order valence-corrected chi connectivity index (χ0v) is 76.2. The molecule has 0 amide bonds. The van der Waals surface area contributed by atoms with Crippen LogP contribution in [0.1, 0.15) is 154 Å². The molecule has 0 bridgehead atoms. The van der Waals surface area contributed by atoms with Crippen molar-refractivity contribution in [2.45, 2.75) is 92.7 Å². The SMILES string of the molecule is CCO/C=C(\C(=O)OCC)C(=O)c1cc(F)c(Cl)nc1Cl.CCOC(=O)C(C(=O)OCC)C(=O)c1cc(F)c(Cl)nc1Cl.CCOC(=O)C(C=NC1CC1)=C(O)c1cc(F)c(Cl)nc1Cl.CCOC(=O)CC(=O)c1cc(F)c(Cl)nc1Cl.CCOC(=O)c1cn(C2CC2)c2nc(Cl)c(F)cc2c1=O.O=C(Cl)c1cc(F)c(Cl)nc1Cl.O=C(O)c1cc(F)c(Cl)nc1Cl. The monoisotopic (exact) mass is 2060 g/mol. The Morgan fingerprint density at radius 3 is 1.26 bits per heavy atom. The number of esters is 6. The Morgan fingerprint density at radius 2 is 0.827 bits per heavy atom. The Morgan fingerprint density at radius 1 is 0.449 bits per heavy atom. The van der Waals surface area contributed by atoms with Crippen LogP contribution in [0.5, 0.6) is 0 Å². The molecule has 0 aliphatic heterocycles. The normalized spacial score (nSPS) is 12.0. The number of aliphatic imine (C=N–C) groups is 1. The number of carbonyl (C=O) groups is 11. The van der Waals surface area contributed by atoms with Gasteiger partial charge < -0.3 is 47.9 Å². The van der Waals surface area contributed by atoms with Crippen molar-refractivity contribution in [2.24, 2.45) is 10.9 Å². The van der Waals surface area contributed by atoms with Crippen molar-refractivity contribution in [3.05, 3.63) is 223 Å². The third kappa shape index (κ3) is 32.9. The molecule has 2 saturated carbocycles. The van der Waals surface area contributed by atoms with Crippen molar-refractivity contribution in [1.82, 2.24) is 39.5 Å². The number of halogens is 21. The van der Waals surface area contributed by atoms with Crippen molar-refractivity contribution < 1.29 is 127 Å². The molecule has 8 aromatic rings.